The Bertz CT molecular complexity index is 872. The predicted molar refractivity (Wildman–Crippen MR) is 95.2 cm³/mol. The number of fused-ring (bicyclic) bond motifs is 1. The summed E-state index contributed by atoms with van der Waals surface area (Å²) >= 11 is 1.56. The van der Waals surface area contributed by atoms with Crippen LogP contribution in [0.1, 0.15) is 51.4 Å². The van der Waals surface area contributed by atoms with Crippen LogP contribution in [0.15, 0.2) is 28.3 Å². The van der Waals surface area contributed by atoms with Crippen molar-refractivity contribution in [2.45, 2.75) is 50.7 Å². The summed E-state index contributed by atoms with van der Waals surface area (Å²) in [4.78, 5) is 21.9. The molecule has 3 heterocycles. The minimum absolute atomic E-state index is 0.0509. The molecule has 1 unspecified atom stereocenters. The zero-order valence-electron chi connectivity index (χ0n) is 14.3. The summed E-state index contributed by atoms with van der Waals surface area (Å²) in [6, 6.07) is 5.95. The fraction of sp³-hybridized carbons (Fsp3) is 0.444. The Morgan fingerprint density at radius 3 is 2.71 bits per heavy atom. The Kier molecular flexibility index (Phi) is 4.22. The Morgan fingerprint density at radius 2 is 2.12 bits per heavy atom. The van der Waals surface area contributed by atoms with Crippen LogP contribution < -0.4 is 5.56 Å². The molecule has 1 aliphatic heterocycles. The van der Waals surface area contributed by atoms with Gasteiger partial charge in [-0.05, 0) is 25.5 Å². The number of nitriles is 1. The topological polar surface area (TPSA) is 71.6 Å². The van der Waals surface area contributed by atoms with Crippen LogP contribution in [-0.4, -0.2) is 20.3 Å². The highest BCUT2D eigenvalue weighted by molar-refractivity contribution is 7.99. The first-order valence-corrected chi connectivity index (χ1v) is 8.98. The summed E-state index contributed by atoms with van der Waals surface area (Å²) in [5, 5.41) is 10.2. The van der Waals surface area contributed by atoms with Gasteiger partial charge in [0.05, 0.1) is 5.69 Å². The number of thioether (sulfide) groups is 1. The highest BCUT2D eigenvalue weighted by atomic mass is 32.2. The highest BCUT2D eigenvalue weighted by Gasteiger charge is 2.24. The van der Waals surface area contributed by atoms with Crippen LogP contribution in [0, 0.1) is 11.3 Å². The number of aromatic nitrogens is 3. The van der Waals surface area contributed by atoms with E-state index in [1.165, 1.54) is 0 Å². The van der Waals surface area contributed by atoms with Crippen molar-refractivity contribution in [1.82, 2.24) is 14.5 Å². The summed E-state index contributed by atoms with van der Waals surface area (Å²) in [5.74, 6) is 0.931. The molecular formula is C18H20N4OS. The Hall–Kier alpha value is -2.13. The monoisotopic (exact) mass is 340 g/mol. The Labute approximate surface area is 145 Å². The summed E-state index contributed by atoms with van der Waals surface area (Å²) in [6.45, 7) is 8.28. The van der Waals surface area contributed by atoms with Gasteiger partial charge in [-0.15, -0.1) is 0 Å². The van der Waals surface area contributed by atoms with Crippen LogP contribution >= 0.6 is 11.8 Å². The van der Waals surface area contributed by atoms with E-state index in [9.17, 15) is 10.1 Å². The molecule has 3 rings (SSSR count). The smallest absolute Gasteiger partial charge is 0.273 e. The fourth-order valence-electron chi connectivity index (χ4n) is 2.74. The van der Waals surface area contributed by atoms with E-state index >= 15 is 0 Å². The first-order valence-electron chi connectivity index (χ1n) is 7.99. The SMILES string of the molecule is CC1CCSc2nc(-c3ccc(C(C)(C)C)nc3)c(C#N)c(=O)n21. The lowest BCUT2D eigenvalue weighted by molar-refractivity contribution is 0.453. The van der Waals surface area contributed by atoms with Crippen molar-refractivity contribution in [1.29, 1.82) is 5.26 Å². The molecule has 0 bridgehead atoms. The minimum Gasteiger partial charge on any atom is -0.284 e. The van der Waals surface area contributed by atoms with Crippen molar-refractivity contribution in [3.05, 3.63) is 39.9 Å². The average molecular weight is 340 g/mol. The molecule has 1 atom stereocenters. The molecule has 0 fully saturated rings. The Morgan fingerprint density at radius 1 is 1.38 bits per heavy atom. The second-order valence-corrected chi connectivity index (χ2v) is 8.14. The van der Waals surface area contributed by atoms with Gasteiger partial charge >= 0.3 is 0 Å². The molecule has 0 N–H and O–H groups in total. The first kappa shape index (κ1) is 16.7. The molecule has 2 aromatic rings. The first-order chi connectivity index (χ1) is 11.3. The number of rotatable bonds is 1. The van der Waals surface area contributed by atoms with Crippen molar-refractivity contribution in [2.75, 3.05) is 5.75 Å². The Balaban J connectivity index is 2.17. The third-order valence-electron chi connectivity index (χ3n) is 4.21. The molecule has 0 saturated carbocycles. The molecule has 0 amide bonds. The lowest BCUT2D eigenvalue weighted by Crippen LogP contribution is -2.31. The van der Waals surface area contributed by atoms with E-state index in [4.69, 9.17) is 0 Å². The average Bonchev–Trinajstić information content (AvgIpc) is 2.54. The molecule has 0 aromatic carbocycles. The summed E-state index contributed by atoms with van der Waals surface area (Å²) in [5.41, 5.74) is 1.89. The second-order valence-electron chi connectivity index (χ2n) is 7.07. The van der Waals surface area contributed by atoms with Crippen LogP contribution in [0.2, 0.25) is 0 Å². The molecule has 24 heavy (non-hydrogen) atoms. The largest absolute Gasteiger partial charge is 0.284 e. The van der Waals surface area contributed by atoms with Crippen LogP contribution in [0.5, 0.6) is 0 Å². The number of nitrogens with zero attached hydrogens (tertiary/aromatic N) is 4. The van der Waals surface area contributed by atoms with Crippen LogP contribution in [0.4, 0.5) is 0 Å². The van der Waals surface area contributed by atoms with Crippen LogP contribution in [0.3, 0.4) is 0 Å². The molecule has 0 saturated heterocycles. The van der Waals surface area contributed by atoms with Gasteiger partial charge in [-0.1, -0.05) is 32.5 Å². The molecule has 1 aliphatic rings. The summed E-state index contributed by atoms with van der Waals surface area (Å²) in [6.07, 6.45) is 2.61. The van der Waals surface area contributed by atoms with E-state index in [0.717, 1.165) is 17.9 Å². The van der Waals surface area contributed by atoms with Crippen LogP contribution in [-0.2, 0) is 5.41 Å². The van der Waals surface area contributed by atoms with E-state index in [0.29, 0.717) is 16.4 Å². The van der Waals surface area contributed by atoms with Gasteiger partial charge in [-0.3, -0.25) is 14.3 Å². The van der Waals surface area contributed by atoms with E-state index in [1.807, 2.05) is 25.1 Å². The van der Waals surface area contributed by atoms with Gasteiger partial charge in [0.2, 0.25) is 0 Å². The van der Waals surface area contributed by atoms with Gasteiger partial charge in [0.1, 0.15) is 11.6 Å². The molecule has 0 spiro atoms. The zero-order valence-corrected chi connectivity index (χ0v) is 15.1. The van der Waals surface area contributed by atoms with Gasteiger partial charge < -0.3 is 0 Å². The van der Waals surface area contributed by atoms with Gasteiger partial charge in [-0.2, -0.15) is 5.26 Å². The third-order valence-corrected chi connectivity index (χ3v) is 5.19. The molecule has 6 heteroatoms. The maximum atomic E-state index is 12.7. The van der Waals surface area contributed by atoms with E-state index in [-0.39, 0.29) is 22.6 Å². The van der Waals surface area contributed by atoms with Gasteiger partial charge in [-0.25, -0.2) is 4.98 Å². The zero-order chi connectivity index (χ0) is 17.5. The van der Waals surface area contributed by atoms with Crippen LogP contribution in [0.25, 0.3) is 11.3 Å². The van der Waals surface area contributed by atoms with Crippen molar-refractivity contribution in [3.8, 4) is 17.3 Å². The second kappa shape index (κ2) is 6.06. The van der Waals surface area contributed by atoms with Gasteiger partial charge in [0.15, 0.2) is 5.16 Å². The van der Waals surface area contributed by atoms with Gasteiger partial charge in [0.25, 0.3) is 5.56 Å². The maximum absolute atomic E-state index is 12.7. The van der Waals surface area contributed by atoms with E-state index < -0.39 is 0 Å². The molecule has 0 radical (unpaired) electrons. The number of pyridine rings is 1. The summed E-state index contributed by atoms with van der Waals surface area (Å²) in [7, 11) is 0. The highest BCUT2D eigenvalue weighted by Crippen LogP contribution is 2.31. The quantitative estimate of drug-likeness (QED) is 0.743. The maximum Gasteiger partial charge on any atom is 0.273 e. The standard InChI is InChI=1S/C18H20N4OS/c1-11-7-8-24-17-21-15(13(9-19)16(23)22(11)17)12-5-6-14(20-10-12)18(2,3)4/h5-6,10-11H,7-8H2,1-4H3. The third kappa shape index (κ3) is 2.84. The van der Waals surface area contributed by atoms with Crippen molar-refractivity contribution < 1.29 is 0 Å². The fourth-order valence-corrected chi connectivity index (χ4v) is 3.94. The minimum atomic E-state index is -0.253. The molecule has 2 aromatic heterocycles. The van der Waals surface area contributed by atoms with Crippen molar-refractivity contribution in [3.63, 3.8) is 0 Å². The number of hydrogen-bond donors (Lipinski definition) is 0. The summed E-state index contributed by atoms with van der Waals surface area (Å²) < 4.78 is 1.65. The lowest BCUT2D eigenvalue weighted by atomic mass is 9.91. The van der Waals surface area contributed by atoms with E-state index in [2.05, 4.69) is 30.7 Å². The number of hydrogen-bond acceptors (Lipinski definition) is 5. The van der Waals surface area contributed by atoms with Crippen molar-refractivity contribution >= 4 is 11.8 Å². The molecule has 0 aliphatic carbocycles. The van der Waals surface area contributed by atoms with Gasteiger partial charge in [0, 0.05) is 34.7 Å². The van der Waals surface area contributed by atoms with Crippen molar-refractivity contribution in [2.24, 2.45) is 0 Å². The normalized spacial score (nSPS) is 17.2. The molecule has 124 valence electrons. The lowest BCUT2D eigenvalue weighted by Gasteiger charge is -2.24. The van der Waals surface area contributed by atoms with E-state index in [1.54, 1.807) is 22.5 Å². The predicted octanol–water partition coefficient (Wildman–Crippen LogP) is 3.53. The molecular weight excluding hydrogens is 320 g/mol. The molecule has 5 nitrogen and oxygen atoms in total.